The number of benzene rings is 4. The Kier molecular flexibility index (Phi) is 13.7. The van der Waals surface area contributed by atoms with Gasteiger partial charge in [0.1, 0.15) is 0 Å². The molecule has 4 aromatic carbocycles. The highest BCUT2D eigenvalue weighted by molar-refractivity contribution is 5.95. The first-order valence-corrected chi connectivity index (χ1v) is 19.4. The lowest BCUT2D eigenvalue weighted by atomic mass is 9.94. The minimum Gasteiger partial charge on any atom is -0.351 e. The number of hydrogen-bond donors (Lipinski definition) is 3. The fourth-order valence-electron chi connectivity index (χ4n) is 7.34. The van der Waals surface area contributed by atoms with E-state index in [0.717, 1.165) is 77.0 Å². The molecule has 7 nitrogen and oxygen atoms in total. The lowest BCUT2D eigenvalue weighted by Gasteiger charge is -2.23. The number of carbonyl (C=O) groups excluding carboxylic acids is 3. The predicted molar refractivity (Wildman–Crippen MR) is 209 cm³/mol. The van der Waals surface area contributed by atoms with Gasteiger partial charge in [0, 0.05) is 56.0 Å². The normalized spacial score (nSPS) is 17.9. The third kappa shape index (κ3) is 11.4. The van der Waals surface area contributed by atoms with Crippen molar-refractivity contribution in [1.82, 2.24) is 20.9 Å². The fraction of sp³-hybridized carbons (Fsp3) is 0.400. The molecule has 11 aliphatic heterocycles. The van der Waals surface area contributed by atoms with Crippen LogP contribution >= 0.6 is 0 Å². The van der Waals surface area contributed by atoms with Gasteiger partial charge in [-0.05, 0) is 147 Å². The molecule has 0 spiro atoms. The van der Waals surface area contributed by atoms with Crippen LogP contribution in [0.4, 0.5) is 0 Å². The molecule has 10 bridgehead atoms. The van der Waals surface area contributed by atoms with Crippen LogP contribution in [0.25, 0.3) is 0 Å². The summed E-state index contributed by atoms with van der Waals surface area (Å²) in [5.74, 6) is -0.300. The highest BCUT2D eigenvalue weighted by Gasteiger charge is 2.13. The van der Waals surface area contributed by atoms with Gasteiger partial charge in [0.15, 0.2) is 0 Å². The van der Waals surface area contributed by atoms with Gasteiger partial charge >= 0.3 is 0 Å². The molecule has 4 aromatic rings. The molecule has 272 valence electrons. The van der Waals surface area contributed by atoms with E-state index in [1.54, 1.807) is 0 Å². The summed E-state index contributed by atoms with van der Waals surface area (Å²) >= 11 is 0. The Labute approximate surface area is 309 Å². The molecule has 0 aromatic heterocycles. The molecule has 3 N–H and O–H groups in total. The van der Waals surface area contributed by atoms with E-state index in [-0.39, 0.29) is 17.7 Å². The van der Waals surface area contributed by atoms with Crippen LogP contribution in [0.3, 0.4) is 0 Å². The summed E-state index contributed by atoms with van der Waals surface area (Å²) in [6.07, 6.45) is 12.9. The van der Waals surface area contributed by atoms with Crippen LogP contribution in [0.15, 0.2) is 91.0 Å². The summed E-state index contributed by atoms with van der Waals surface area (Å²) in [6.45, 7) is 3.12. The Morgan fingerprint density at radius 2 is 0.596 bits per heavy atom. The summed E-state index contributed by atoms with van der Waals surface area (Å²) < 4.78 is 0. The summed E-state index contributed by atoms with van der Waals surface area (Å²) in [5.41, 5.74) is 10.0. The molecule has 0 unspecified atom stereocenters. The zero-order valence-electron chi connectivity index (χ0n) is 30.6. The van der Waals surface area contributed by atoms with Crippen LogP contribution in [0, 0.1) is 0 Å². The first-order chi connectivity index (χ1) is 25.5. The van der Waals surface area contributed by atoms with E-state index in [1.165, 1.54) is 33.4 Å². The SMILES string of the molecule is O=C1NCCN2CCNC(=O)c3ccc(cc3)CCCCc3cc(cc(c3)CCCCc3ccc(cc3)C(=O)NCC2)CCCCc2ccc1cc2. The molecule has 11 heterocycles. The Balaban J connectivity index is 1.24. The topological polar surface area (TPSA) is 90.5 Å². The van der Waals surface area contributed by atoms with E-state index in [1.807, 2.05) is 36.4 Å². The monoisotopic (exact) mass is 698 g/mol. The van der Waals surface area contributed by atoms with Gasteiger partial charge in [0.2, 0.25) is 0 Å². The number of rotatable bonds is 0. The summed E-state index contributed by atoms with van der Waals surface area (Å²) in [4.78, 5) is 41.3. The van der Waals surface area contributed by atoms with Crippen molar-refractivity contribution >= 4 is 17.7 Å². The number of aryl methyl sites for hydroxylation is 6. The van der Waals surface area contributed by atoms with E-state index in [0.29, 0.717) is 56.0 Å². The smallest absolute Gasteiger partial charge is 0.251 e. The van der Waals surface area contributed by atoms with Gasteiger partial charge in [0.25, 0.3) is 17.7 Å². The lowest BCUT2D eigenvalue weighted by molar-refractivity contribution is 0.0948. The quantitative estimate of drug-likeness (QED) is 0.187. The number of carbonyl (C=O) groups is 3. The maximum absolute atomic E-state index is 13.0. The zero-order chi connectivity index (χ0) is 36.0. The second kappa shape index (κ2) is 19.2. The van der Waals surface area contributed by atoms with Crippen molar-refractivity contribution in [3.8, 4) is 0 Å². The molecule has 7 heteroatoms. The Morgan fingerprint density at radius 1 is 0.346 bits per heavy atom. The molecule has 0 saturated heterocycles. The molecule has 15 rings (SSSR count). The standard InChI is InChI=1S/C45H54N4O3/c50-43-40-19-13-34(14-20-40)7-1-4-10-37-31-38-11-5-2-8-35-15-21-41(22-16-35)44(51)47-26-29-49(28-25-46-43)30-27-48-45(52)42-23-17-36(18-24-42)9-3-6-12-39(32-37)33-38/h13-24,31-33H,1-12,25-30H2,(H,46,50)(H,47,51)(H,48,52). The van der Waals surface area contributed by atoms with Gasteiger partial charge in [-0.25, -0.2) is 0 Å². The van der Waals surface area contributed by atoms with Gasteiger partial charge in [-0.1, -0.05) is 54.6 Å². The second-order valence-electron chi connectivity index (χ2n) is 14.5. The summed E-state index contributed by atoms with van der Waals surface area (Å²) in [5, 5.41) is 9.19. The third-order valence-corrected chi connectivity index (χ3v) is 10.4. The van der Waals surface area contributed by atoms with E-state index in [9.17, 15) is 14.4 Å². The van der Waals surface area contributed by atoms with Gasteiger partial charge in [-0.15, -0.1) is 0 Å². The minimum absolute atomic E-state index is 0.1000. The first-order valence-electron chi connectivity index (χ1n) is 19.4. The number of nitrogens with zero attached hydrogens (tertiary/aromatic N) is 1. The second-order valence-corrected chi connectivity index (χ2v) is 14.5. The lowest BCUT2D eigenvalue weighted by Crippen LogP contribution is -2.43. The van der Waals surface area contributed by atoms with E-state index < -0.39 is 0 Å². The Hall–Kier alpha value is -4.75. The Morgan fingerprint density at radius 3 is 0.865 bits per heavy atom. The Bertz CT molecular complexity index is 1550. The third-order valence-electron chi connectivity index (χ3n) is 10.4. The molecule has 0 saturated carbocycles. The number of nitrogens with one attached hydrogen (secondary N) is 3. The number of hydrogen-bond acceptors (Lipinski definition) is 4. The zero-order valence-corrected chi connectivity index (χ0v) is 30.6. The average Bonchev–Trinajstić information content (AvgIpc) is 3.16. The largest absolute Gasteiger partial charge is 0.351 e. The van der Waals surface area contributed by atoms with Crippen LogP contribution < -0.4 is 16.0 Å². The van der Waals surface area contributed by atoms with Crippen LogP contribution in [0.1, 0.15) is 103 Å². The van der Waals surface area contributed by atoms with E-state index in [2.05, 4.69) is 75.4 Å². The van der Waals surface area contributed by atoms with Crippen molar-refractivity contribution in [3.05, 3.63) is 141 Å². The summed E-state index contributed by atoms with van der Waals surface area (Å²) in [6, 6.07) is 31.3. The van der Waals surface area contributed by atoms with E-state index in [4.69, 9.17) is 0 Å². The van der Waals surface area contributed by atoms with Gasteiger partial charge in [0.05, 0.1) is 0 Å². The van der Waals surface area contributed by atoms with Crippen LogP contribution in [0.5, 0.6) is 0 Å². The van der Waals surface area contributed by atoms with Crippen molar-refractivity contribution in [1.29, 1.82) is 0 Å². The van der Waals surface area contributed by atoms with E-state index >= 15 is 0 Å². The van der Waals surface area contributed by atoms with Gasteiger partial charge in [-0.2, -0.15) is 0 Å². The highest BCUT2D eigenvalue weighted by Crippen LogP contribution is 2.20. The van der Waals surface area contributed by atoms with Crippen LogP contribution in [-0.4, -0.2) is 61.9 Å². The molecule has 0 atom stereocenters. The van der Waals surface area contributed by atoms with Gasteiger partial charge in [-0.3, -0.25) is 19.3 Å². The average molecular weight is 699 g/mol. The molecule has 3 amide bonds. The van der Waals surface area contributed by atoms with Crippen molar-refractivity contribution in [2.75, 3.05) is 39.3 Å². The molecule has 0 fully saturated rings. The van der Waals surface area contributed by atoms with Crippen LogP contribution in [-0.2, 0) is 38.5 Å². The predicted octanol–water partition coefficient (Wildman–Crippen LogP) is 6.90. The highest BCUT2D eigenvalue weighted by atomic mass is 16.2. The molecule has 0 aliphatic carbocycles. The molecular formula is C45H54N4O3. The first kappa shape index (κ1) is 37.0. The molecular weight excluding hydrogens is 645 g/mol. The maximum Gasteiger partial charge on any atom is 0.251 e. The molecule has 52 heavy (non-hydrogen) atoms. The van der Waals surface area contributed by atoms with Crippen molar-refractivity contribution in [2.24, 2.45) is 0 Å². The van der Waals surface area contributed by atoms with Crippen molar-refractivity contribution in [2.45, 2.75) is 77.0 Å². The van der Waals surface area contributed by atoms with Gasteiger partial charge < -0.3 is 16.0 Å². The number of amides is 3. The van der Waals surface area contributed by atoms with Crippen LogP contribution in [0.2, 0.25) is 0 Å². The van der Waals surface area contributed by atoms with Crippen molar-refractivity contribution < 1.29 is 14.4 Å². The van der Waals surface area contributed by atoms with Crippen molar-refractivity contribution in [3.63, 3.8) is 0 Å². The molecule has 0 radical (unpaired) electrons. The molecule has 11 aliphatic rings. The fourth-order valence-corrected chi connectivity index (χ4v) is 7.34. The maximum atomic E-state index is 13.0. The minimum atomic E-state index is -0.1000. The summed E-state index contributed by atoms with van der Waals surface area (Å²) in [7, 11) is 0.